The lowest BCUT2D eigenvalue weighted by molar-refractivity contribution is 0.367. The summed E-state index contributed by atoms with van der Waals surface area (Å²) in [5, 5.41) is 3.82. The molecule has 1 aromatic rings. The molecule has 1 aliphatic carbocycles. The normalized spacial score (nSPS) is 28.3. The summed E-state index contributed by atoms with van der Waals surface area (Å²) in [6, 6.07) is 0. The molecule has 18 heavy (non-hydrogen) atoms. The van der Waals surface area contributed by atoms with Crippen LogP contribution in [0.4, 0.5) is 0 Å². The summed E-state index contributed by atoms with van der Waals surface area (Å²) in [4.78, 5) is 13.7. The molecule has 1 fully saturated rings. The van der Waals surface area contributed by atoms with Gasteiger partial charge in [0.2, 0.25) is 0 Å². The SMILES string of the molecule is CCCCC(C)CC1CC1(CN)c1noc(=O)[nH]1. The van der Waals surface area contributed by atoms with Crippen LogP contribution in [0.3, 0.4) is 0 Å². The molecule has 0 spiro atoms. The van der Waals surface area contributed by atoms with Crippen molar-refractivity contribution >= 4 is 0 Å². The second-order valence-electron chi connectivity index (χ2n) is 5.69. The fourth-order valence-electron chi connectivity index (χ4n) is 2.93. The number of H-pyrrole nitrogens is 1. The Hall–Kier alpha value is -1.10. The third-order valence-electron chi connectivity index (χ3n) is 4.25. The van der Waals surface area contributed by atoms with E-state index in [1.807, 2.05) is 0 Å². The minimum atomic E-state index is -0.484. The van der Waals surface area contributed by atoms with E-state index in [1.165, 1.54) is 19.3 Å². The van der Waals surface area contributed by atoms with Crippen LogP contribution in [0.2, 0.25) is 0 Å². The molecule has 0 radical (unpaired) electrons. The number of hydrogen-bond acceptors (Lipinski definition) is 4. The fourth-order valence-corrected chi connectivity index (χ4v) is 2.93. The van der Waals surface area contributed by atoms with E-state index in [1.54, 1.807) is 0 Å². The van der Waals surface area contributed by atoms with Crippen LogP contribution in [0.1, 0.15) is 51.8 Å². The topological polar surface area (TPSA) is 84.9 Å². The van der Waals surface area contributed by atoms with Crippen LogP contribution in [0, 0.1) is 11.8 Å². The van der Waals surface area contributed by atoms with E-state index in [4.69, 9.17) is 5.73 Å². The fraction of sp³-hybridized carbons (Fsp3) is 0.846. The number of hydrogen-bond donors (Lipinski definition) is 2. The van der Waals surface area contributed by atoms with Crippen molar-refractivity contribution in [2.45, 2.75) is 51.4 Å². The van der Waals surface area contributed by atoms with Gasteiger partial charge in [0.05, 0.1) is 0 Å². The van der Waals surface area contributed by atoms with Gasteiger partial charge < -0.3 is 5.73 Å². The molecule has 3 N–H and O–H groups in total. The molecule has 0 aromatic carbocycles. The second-order valence-corrected chi connectivity index (χ2v) is 5.69. The maximum atomic E-state index is 11.0. The van der Waals surface area contributed by atoms with Crippen LogP contribution in [0.5, 0.6) is 0 Å². The minimum Gasteiger partial charge on any atom is -0.329 e. The first-order valence-corrected chi connectivity index (χ1v) is 6.89. The molecule has 0 aliphatic heterocycles. The maximum absolute atomic E-state index is 11.0. The van der Waals surface area contributed by atoms with Gasteiger partial charge in [-0.1, -0.05) is 38.3 Å². The quantitative estimate of drug-likeness (QED) is 0.776. The van der Waals surface area contributed by atoms with Crippen molar-refractivity contribution in [2.75, 3.05) is 6.54 Å². The molecule has 2 rings (SSSR count). The van der Waals surface area contributed by atoms with Crippen LogP contribution in [-0.4, -0.2) is 16.7 Å². The average Bonchev–Trinajstić information content (AvgIpc) is 2.88. The summed E-state index contributed by atoms with van der Waals surface area (Å²) in [5.41, 5.74) is 5.74. The van der Waals surface area contributed by atoms with E-state index in [0.29, 0.717) is 24.2 Å². The van der Waals surface area contributed by atoms with Crippen molar-refractivity contribution in [3.63, 3.8) is 0 Å². The van der Waals surface area contributed by atoms with Crippen molar-refractivity contribution in [2.24, 2.45) is 17.6 Å². The molecule has 1 heterocycles. The van der Waals surface area contributed by atoms with E-state index in [0.717, 1.165) is 12.8 Å². The summed E-state index contributed by atoms with van der Waals surface area (Å²) in [6.45, 7) is 5.04. The standard InChI is InChI=1S/C13H23N3O2/c1-3-4-5-9(2)6-10-7-13(10,8-14)11-15-12(17)18-16-11/h9-10H,3-8,14H2,1-2H3,(H,15,16,17). The van der Waals surface area contributed by atoms with E-state index >= 15 is 0 Å². The van der Waals surface area contributed by atoms with Gasteiger partial charge in [-0.05, 0) is 24.7 Å². The van der Waals surface area contributed by atoms with Crippen LogP contribution < -0.4 is 11.5 Å². The van der Waals surface area contributed by atoms with Gasteiger partial charge in [-0.2, -0.15) is 0 Å². The van der Waals surface area contributed by atoms with Gasteiger partial charge in [-0.3, -0.25) is 9.51 Å². The predicted molar refractivity (Wildman–Crippen MR) is 69.3 cm³/mol. The maximum Gasteiger partial charge on any atom is 0.438 e. The molecule has 5 nitrogen and oxygen atoms in total. The summed E-state index contributed by atoms with van der Waals surface area (Å²) in [7, 11) is 0. The second kappa shape index (κ2) is 5.26. The van der Waals surface area contributed by atoms with Crippen molar-refractivity contribution in [1.82, 2.24) is 10.1 Å². The van der Waals surface area contributed by atoms with Crippen molar-refractivity contribution in [1.29, 1.82) is 0 Å². The number of rotatable bonds is 7. The monoisotopic (exact) mass is 253 g/mol. The molecule has 3 unspecified atom stereocenters. The van der Waals surface area contributed by atoms with Crippen molar-refractivity contribution in [3.05, 3.63) is 16.4 Å². The Morgan fingerprint density at radius 2 is 2.44 bits per heavy atom. The number of aromatic amines is 1. The highest BCUT2D eigenvalue weighted by Gasteiger charge is 2.56. The molecular formula is C13H23N3O2. The number of nitrogens with two attached hydrogens (primary N) is 1. The van der Waals surface area contributed by atoms with Crippen LogP contribution in [0.15, 0.2) is 9.32 Å². The zero-order chi connectivity index (χ0) is 13.2. The summed E-state index contributed by atoms with van der Waals surface area (Å²) >= 11 is 0. The molecule has 1 saturated carbocycles. The van der Waals surface area contributed by atoms with Gasteiger partial charge in [0.15, 0.2) is 5.82 Å². The lowest BCUT2D eigenvalue weighted by Gasteiger charge is -2.14. The summed E-state index contributed by atoms with van der Waals surface area (Å²) in [6.07, 6.45) is 5.97. The van der Waals surface area contributed by atoms with Gasteiger partial charge in [-0.25, -0.2) is 4.79 Å². The first-order chi connectivity index (χ1) is 8.62. The molecule has 5 heteroatoms. The van der Waals surface area contributed by atoms with Crippen LogP contribution in [-0.2, 0) is 5.41 Å². The first kappa shape index (κ1) is 13.3. The Bertz CT molecular complexity index is 439. The summed E-state index contributed by atoms with van der Waals surface area (Å²) in [5.74, 6) is 1.40. The molecule has 0 amide bonds. The molecule has 1 aromatic heterocycles. The van der Waals surface area contributed by atoms with E-state index in [2.05, 4.69) is 28.5 Å². The third-order valence-corrected chi connectivity index (χ3v) is 4.25. The predicted octanol–water partition coefficient (Wildman–Crippen LogP) is 1.80. The van der Waals surface area contributed by atoms with Gasteiger partial charge >= 0.3 is 5.76 Å². The van der Waals surface area contributed by atoms with E-state index in [9.17, 15) is 4.79 Å². The van der Waals surface area contributed by atoms with Crippen molar-refractivity contribution < 1.29 is 4.52 Å². The zero-order valence-electron chi connectivity index (χ0n) is 11.2. The molecule has 3 atom stereocenters. The lowest BCUT2D eigenvalue weighted by Crippen LogP contribution is -2.25. The van der Waals surface area contributed by atoms with Crippen LogP contribution >= 0.6 is 0 Å². The van der Waals surface area contributed by atoms with Gasteiger partial charge in [0.1, 0.15) is 0 Å². The van der Waals surface area contributed by atoms with Gasteiger partial charge in [0.25, 0.3) is 0 Å². The first-order valence-electron chi connectivity index (χ1n) is 6.89. The Balaban J connectivity index is 1.95. The highest BCUT2D eigenvalue weighted by Crippen LogP contribution is 2.55. The molecule has 1 aliphatic rings. The number of nitrogens with zero attached hydrogens (tertiary/aromatic N) is 1. The van der Waals surface area contributed by atoms with Gasteiger partial charge in [-0.15, -0.1) is 0 Å². The van der Waals surface area contributed by atoms with Gasteiger partial charge in [0, 0.05) is 12.0 Å². The average molecular weight is 253 g/mol. The third kappa shape index (κ3) is 2.51. The molecule has 0 saturated heterocycles. The Morgan fingerprint density at radius 1 is 1.67 bits per heavy atom. The molecule has 102 valence electrons. The number of unbranched alkanes of at least 4 members (excludes halogenated alkanes) is 1. The number of nitrogens with one attached hydrogen (secondary N) is 1. The van der Waals surface area contributed by atoms with Crippen molar-refractivity contribution in [3.8, 4) is 0 Å². The smallest absolute Gasteiger partial charge is 0.329 e. The minimum absolute atomic E-state index is 0.132. The highest BCUT2D eigenvalue weighted by atomic mass is 16.5. The summed E-state index contributed by atoms with van der Waals surface area (Å²) < 4.78 is 4.59. The van der Waals surface area contributed by atoms with Crippen LogP contribution in [0.25, 0.3) is 0 Å². The lowest BCUT2D eigenvalue weighted by atomic mass is 9.93. The molecular weight excluding hydrogens is 230 g/mol. The zero-order valence-corrected chi connectivity index (χ0v) is 11.2. The number of aromatic nitrogens is 2. The Labute approximate surface area is 107 Å². The van der Waals surface area contributed by atoms with E-state index < -0.39 is 5.76 Å². The Kier molecular flexibility index (Phi) is 3.90. The highest BCUT2D eigenvalue weighted by molar-refractivity contribution is 5.22. The largest absolute Gasteiger partial charge is 0.438 e. The van der Waals surface area contributed by atoms with E-state index in [-0.39, 0.29) is 5.41 Å². The Morgan fingerprint density at radius 3 is 3.00 bits per heavy atom. The molecule has 0 bridgehead atoms.